The molecule has 156 valence electrons. The molecular formula is C19H27N7O2S. The van der Waals surface area contributed by atoms with Gasteiger partial charge in [0.1, 0.15) is 10.7 Å². The Kier molecular flexibility index (Phi) is 8.10. The summed E-state index contributed by atoms with van der Waals surface area (Å²) in [6.07, 6.45) is 4.37. The summed E-state index contributed by atoms with van der Waals surface area (Å²) < 4.78 is 0. The highest BCUT2D eigenvalue weighted by Crippen LogP contribution is 2.19. The maximum Gasteiger partial charge on any atom is 0.269 e. The first-order chi connectivity index (χ1) is 13.8. The number of aryl methyl sites for hydroxylation is 1. The van der Waals surface area contributed by atoms with Gasteiger partial charge in [0.05, 0.1) is 5.54 Å². The van der Waals surface area contributed by atoms with Crippen molar-refractivity contribution in [2.24, 2.45) is 11.6 Å². The minimum absolute atomic E-state index is 0.0465. The molecule has 0 aliphatic carbocycles. The molecule has 0 bridgehead atoms. The van der Waals surface area contributed by atoms with Crippen LogP contribution >= 0.6 is 11.3 Å². The molecule has 2 aromatic rings. The van der Waals surface area contributed by atoms with E-state index < -0.39 is 5.54 Å². The maximum atomic E-state index is 12.4. The molecule has 0 fully saturated rings. The summed E-state index contributed by atoms with van der Waals surface area (Å²) >= 11 is 1.34. The summed E-state index contributed by atoms with van der Waals surface area (Å²) in [7, 11) is 0. The Morgan fingerprint density at radius 3 is 2.66 bits per heavy atom. The number of rotatable bonds is 11. The van der Waals surface area contributed by atoms with Gasteiger partial charge in [-0.25, -0.2) is 5.84 Å². The molecule has 9 nitrogen and oxygen atoms in total. The van der Waals surface area contributed by atoms with Gasteiger partial charge in [-0.2, -0.15) is 0 Å². The molecule has 0 spiro atoms. The lowest BCUT2D eigenvalue weighted by molar-refractivity contribution is -0.119. The van der Waals surface area contributed by atoms with Crippen molar-refractivity contribution in [3.63, 3.8) is 0 Å². The van der Waals surface area contributed by atoms with E-state index in [-0.39, 0.29) is 11.6 Å². The largest absolute Gasteiger partial charge is 0.393 e. The van der Waals surface area contributed by atoms with Crippen LogP contribution in [0.2, 0.25) is 0 Å². The van der Waals surface area contributed by atoms with Crippen LogP contribution in [0.15, 0.2) is 42.2 Å². The van der Waals surface area contributed by atoms with Gasteiger partial charge in [-0.15, -0.1) is 10.2 Å². The summed E-state index contributed by atoms with van der Waals surface area (Å²) in [5, 5.41) is 16.0. The van der Waals surface area contributed by atoms with Gasteiger partial charge in [-0.3, -0.25) is 9.59 Å². The van der Waals surface area contributed by atoms with Crippen LogP contribution in [-0.4, -0.2) is 34.1 Å². The molecule has 0 saturated carbocycles. The Labute approximate surface area is 174 Å². The predicted molar refractivity (Wildman–Crippen MR) is 113 cm³/mol. The normalized spacial score (nSPS) is 11.8. The van der Waals surface area contributed by atoms with E-state index in [4.69, 9.17) is 11.6 Å². The topological polar surface area (TPSA) is 139 Å². The van der Waals surface area contributed by atoms with Crippen molar-refractivity contribution >= 4 is 28.8 Å². The molecule has 0 radical (unpaired) electrons. The Balaban J connectivity index is 1.77. The van der Waals surface area contributed by atoms with Gasteiger partial charge in [0.2, 0.25) is 11.5 Å². The van der Waals surface area contributed by atoms with Crippen LogP contribution in [0, 0.1) is 0 Å². The SMILES string of the molecule is CC(C)(NC(=O)/C(N)=C/N(N)CCCCc1nnc(NC=O)s1)c1ccccc1. The van der Waals surface area contributed by atoms with Crippen LogP contribution in [0.1, 0.15) is 37.3 Å². The quantitative estimate of drug-likeness (QED) is 0.143. The first kappa shape index (κ1) is 22.3. The maximum absolute atomic E-state index is 12.4. The van der Waals surface area contributed by atoms with Crippen molar-refractivity contribution in [1.29, 1.82) is 0 Å². The van der Waals surface area contributed by atoms with Crippen molar-refractivity contribution in [3.05, 3.63) is 52.8 Å². The van der Waals surface area contributed by atoms with Gasteiger partial charge in [-0.1, -0.05) is 41.7 Å². The Bertz CT molecular complexity index is 836. The number of unbranched alkanes of at least 4 members (excludes halogenated alkanes) is 1. The van der Waals surface area contributed by atoms with E-state index in [1.165, 1.54) is 22.5 Å². The second-order valence-corrected chi connectivity index (χ2v) is 8.05. The van der Waals surface area contributed by atoms with Crippen molar-refractivity contribution in [1.82, 2.24) is 20.5 Å². The molecule has 0 aliphatic rings. The summed E-state index contributed by atoms with van der Waals surface area (Å²) in [6.45, 7) is 4.36. The van der Waals surface area contributed by atoms with Crippen molar-refractivity contribution in [3.8, 4) is 0 Å². The number of hydrazine groups is 1. The summed E-state index contributed by atoms with van der Waals surface area (Å²) in [5.74, 6) is 5.56. The van der Waals surface area contributed by atoms with Crippen LogP contribution in [0.4, 0.5) is 5.13 Å². The molecule has 6 N–H and O–H groups in total. The zero-order valence-corrected chi connectivity index (χ0v) is 17.4. The fourth-order valence-corrected chi connectivity index (χ4v) is 3.36. The minimum atomic E-state index is -0.560. The highest BCUT2D eigenvalue weighted by Gasteiger charge is 2.23. The van der Waals surface area contributed by atoms with Gasteiger partial charge in [-0.05, 0) is 32.3 Å². The molecular weight excluding hydrogens is 390 g/mol. The Morgan fingerprint density at radius 2 is 1.97 bits per heavy atom. The van der Waals surface area contributed by atoms with Gasteiger partial charge in [0.15, 0.2) is 0 Å². The number of nitrogens with one attached hydrogen (secondary N) is 2. The fourth-order valence-electron chi connectivity index (χ4n) is 2.62. The summed E-state index contributed by atoms with van der Waals surface area (Å²) in [6, 6.07) is 9.67. The van der Waals surface area contributed by atoms with Crippen LogP contribution < -0.4 is 22.2 Å². The lowest BCUT2D eigenvalue weighted by Crippen LogP contribution is -2.43. The van der Waals surface area contributed by atoms with Crippen LogP contribution in [0.5, 0.6) is 0 Å². The number of amides is 2. The summed E-state index contributed by atoms with van der Waals surface area (Å²) in [4.78, 5) is 22.8. The second kappa shape index (κ2) is 10.5. The fraction of sp³-hybridized carbons (Fsp3) is 0.368. The number of hydrogen-bond acceptors (Lipinski definition) is 8. The standard InChI is InChI=1S/C19H27N7O2S/c1-19(2,14-8-4-3-5-9-14)23-17(28)15(20)12-26(21)11-7-6-10-16-24-25-18(29-16)22-13-27/h3-5,8-9,12-13H,6-7,10-11,20-21H2,1-2H3,(H,23,28)(H,22,25,27)/b15-12-. The number of nitrogens with zero attached hydrogens (tertiary/aromatic N) is 3. The Morgan fingerprint density at radius 1 is 1.24 bits per heavy atom. The van der Waals surface area contributed by atoms with Crippen LogP contribution in [0.3, 0.4) is 0 Å². The van der Waals surface area contributed by atoms with E-state index in [0.717, 1.165) is 29.8 Å². The first-order valence-corrected chi connectivity index (χ1v) is 10.0. The molecule has 0 saturated heterocycles. The van der Waals surface area contributed by atoms with Gasteiger partial charge >= 0.3 is 0 Å². The van der Waals surface area contributed by atoms with E-state index in [0.29, 0.717) is 18.1 Å². The number of carbonyl (C=O) groups excluding carboxylic acids is 2. The van der Waals surface area contributed by atoms with Gasteiger partial charge in [0.25, 0.3) is 5.91 Å². The molecule has 1 aromatic carbocycles. The predicted octanol–water partition coefficient (Wildman–Crippen LogP) is 1.46. The first-order valence-electron chi connectivity index (χ1n) is 9.21. The van der Waals surface area contributed by atoms with Crippen molar-refractivity contribution < 1.29 is 9.59 Å². The zero-order chi connectivity index (χ0) is 21.3. The molecule has 0 aliphatic heterocycles. The molecule has 1 heterocycles. The zero-order valence-electron chi connectivity index (χ0n) is 16.6. The van der Waals surface area contributed by atoms with Gasteiger partial charge < -0.3 is 21.4 Å². The number of anilines is 1. The number of hydrogen-bond donors (Lipinski definition) is 4. The average Bonchev–Trinajstić information content (AvgIpc) is 3.13. The minimum Gasteiger partial charge on any atom is -0.393 e. The molecule has 1 aromatic heterocycles. The molecule has 2 rings (SSSR count). The molecule has 29 heavy (non-hydrogen) atoms. The van der Waals surface area contributed by atoms with Crippen LogP contribution in [-0.2, 0) is 21.5 Å². The van der Waals surface area contributed by atoms with E-state index in [1.807, 2.05) is 44.2 Å². The highest BCUT2D eigenvalue weighted by atomic mass is 32.1. The van der Waals surface area contributed by atoms with E-state index in [9.17, 15) is 9.59 Å². The van der Waals surface area contributed by atoms with Gasteiger partial charge in [0, 0.05) is 19.2 Å². The van der Waals surface area contributed by atoms with E-state index in [1.54, 1.807) is 0 Å². The number of aromatic nitrogens is 2. The van der Waals surface area contributed by atoms with Crippen molar-refractivity contribution in [2.45, 2.75) is 38.6 Å². The van der Waals surface area contributed by atoms with E-state index >= 15 is 0 Å². The number of carbonyl (C=O) groups is 2. The number of benzene rings is 1. The lowest BCUT2D eigenvalue weighted by atomic mass is 9.94. The third-order valence-corrected chi connectivity index (χ3v) is 5.11. The third-order valence-electron chi connectivity index (χ3n) is 4.19. The highest BCUT2D eigenvalue weighted by molar-refractivity contribution is 7.15. The molecule has 2 amide bonds. The Hall–Kier alpha value is -2.98. The smallest absolute Gasteiger partial charge is 0.269 e. The van der Waals surface area contributed by atoms with Crippen molar-refractivity contribution in [2.75, 3.05) is 11.9 Å². The van der Waals surface area contributed by atoms with E-state index in [2.05, 4.69) is 20.8 Å². The summed E-state index contributed by atoms with van der Waals surface area (Å²) in [5.41, 5.74) is 6.37. The molecule has 0 atom stereocenters. The monoisotopic (exact) mass is 417 g/mol. The second-order valence-electron chi connectivity index (χ2n) is 6.99. The number of nitrogens with two attached hydrogens (primary N) is 2. The molecule has 10 heteroatoms. The lowest BCUT2D eigenvalue weighted by Gasteiger charge is -2.27. The average molecular weight is 418 g/mol. The van der Waals surface area contributed by atoms with Crippen LogP contribution in [0.25, 0.3) is 0 Å². The molecule has 0 unspecified atom stereocenters. The third kappa shape index (κ3) is 7.16.